The summed E-state index contributed by atoms with van der Waals surface area (Å²) in [6.07, 6.45) is 38.1. The molecule has 5 aliphatic rings. The summed E-state index contributed by atoms with van der Waals surface area (Å²) < 4.78 is 8.35. The number of halogens is 2. The summed E-state index contributed by atoms with van der Waals surface area (Å²) in [6.45, 7) is 34.3. The Kier molecular flexibility index (Phi) is 24.9. The van der Waals surface area contributed by atoms with Gasteiger partial charge in [-0.05, 0) is 91.0 Å². The molecule has 1 aliphatic heterocycles. The molecule has 2 atom stereocenters. The summed E-state index contributed by atoms with van der Waals surface area (Å²) in [6, 6.07) is 5.39. The maximum atomic E-state index is 5.86. The molecular weight excluding hydrogens is 884 g/mol. The minimum atomic E-state index is -0.000902. The normalized spacial score (nSPS) is 21.7. The molecule has 2 radical (unpaired) electrons. The van der Waals surface area contributed by atoms with E-state index in [2.05, 4.69) is 111 Å². The molecule has 1 aromatic rings. The van der Waals surface area contributed by atoms with Crippen LogP contribution in [0.4, 0.5) is 5.69 Å². The molecule has 6 rings (SSSR count). The number of hydrogen-bond donors (Lipinski definition) is 0. The molecule has 60 heavy (non-hydrogen) atoms. The number of hydrogen-bond acceptors (Lipinski definition) is 2. The predicted molar refractivity (Wildman–Crippen MR) is 260 cm³/mol. The summed E-state index contributed by atoms with van der Waals surface area (Å²) in [4.78, 5) is 2.48. The summed E-state index contributed by atoms with van der Waals surface area (Å²) in [5, 5.41) is 0. The first kappa shape index (κ1) is 57.1. The number of rotatable bonds is 8. The molecule has 0 aromatic heterocycles. The molecule has 0 saturated heterocycles. The fraction of sp³-hybridized carbons (Fsp3) is 0.736. The molecule has 1 aromatic carbocycles. The van der Waals surface area contributed by atoms with E-state index in [0.29, 0.717) is 25.9 Å². The number of benzene rings is 1. The van der Waals surface area contributed by atoms with Crippen molar-refractivity contribution in [2.75, 3.05) is 18.6 Å². The zero-order valence-corrected chi connectivity index (χ0v) is 44.7. The van der Waals surface area contributed by atoms with Crippen LogP contribution in [0.25, 0.3) is 0 Å². The van der Waals surface area contributed by atoms with Crippen molar-refractivity contribution in [1.82, 2.24) is 0 Å². The van der Waals surface area contributed by atoms with E-state index < -0.39 is 0 Å². The third-order valence-corrected chi connectivity index (χ3v) is 17.3. The number of ether oxygens (including phenoxy) is 1. The summed E-state index contributed by atoms with van der Waals surface area (Å²) >= 11 is 0. The summed E-state index contributed by atoms with van der Waals surface area (Å²) in [5.41, 5.74) is 8.51. The van der Waals surface area contributed by atoms with Crippen LogP contribution in [-0.2, 0) is 24.9 Å². The van der Waals surface area contributed by atoms with E-state index in [1.165, 1.54) is 53.1 Å². The number of nitrogens with zero attached hydrogens (tertiary/aromatic N) is 2. The zero-order chi connectivity index (χ0) is 42.0. The van der Waals surface area contributed by atoms with Crippen LogP contribution in [0.5, 0.6) is 5.75 Å². The number of anilines is 1. The van der Waals surface area contributed by atoms with Gasteiger partial charge in [-0.15, -0.1) is 24.6 Å². The third-order valence-electron chi connectivity index (χ3n) is 13.2. The van der Waals surface area contributed by atoms with E-state index in [4.69, 9.17) is 11.3 Å². The second-order valence-corrected chi connectivity index (χ2v) is 24.6. The minimum absolute atomic E-state index is 0. The second-order valence-electron chi connectivity index (χ2n) is 21.5. The van der Waals surface area contributed by atoms with Crippen molar-refractivity contribution in [3.8, 4) is 5.75 Å². The van der Waals surface area contributed by atoms with Gasteiger partial charge in [0.05, 0.1) is 13.7 Å². The molecule has 3 fully saturated rings. The molecular formula is C53H88Cl2N2OPRu+. The number of allylic oxidation sites excluding steroid dienone is 5. The Hall–Kier alpha value is -0.877. The molecule has 7 heteroatoms. The average Bonchev–Trinajstić information content (AvgIpc) is 3.57. The van der Waals surface area contributed by atoms with Crippen molar-refractivity contribution in [1.29, 1.82) is 0 Å². The van der Waals surface area contributed by atoms with Crippen molar-refractivity contribution in [2.45, 2.75) is 226 Å². The fourth-order valence-corrected chi connectivity index (χ4v) is 15.2. The first-order valence-corrected chi connectivity index (χ1v) is 25.1. The Bertz CT molecular complexity index is 1440. The SMILES string of the molecule is C1CCC(P(C2CCCCC2)C2CCCCC2)CC1.CCC[N+]1=[C]N(c2cc(C(C)(C)C)c(OC)cc2C(C)C)[C@H](C(C)(C)C)[C@H]1C(C)(C)C.Cl.[CH+]=C1C=C[CH-]C=C1.[Cl-].[Ru+]. The number of methoxy groups -OCH3 is 1. The van der Waals surface area contributed by atoms with Gasteiger partial charge in [-0.1, -0.05) is 155 Å². The van der Waals surface area contributed by atoms with E-state index in [0.717, 1.165) is 24.3 Å². The molecule has 3 nitrogen and oxygen atoms in total. The van der Waals surface area contributed by atoms with Gasteiger partial charge in [0.25, 0.3) is 0 Å². The van der Waals surface area contributed by atoms with Gasteiger partial charge in [-0.3, -0.25) is 0 Å². The van der Waals surface area contributed by atoms with Crippen LogP contribution in [0, 0.1) is 23.8 Å². The third kappa shape index (κ3) is 16.0. The van der Waals surface area contributed by atoms with Crippen molar-refractivity contribution < 1.29 is 41.2 Å². The Morgan fingerprint density at radius 3 is 1.55 bits per heavy atom. The van der Waals surface area contributed by atoms with Gasteiger partial charge in [-0.2, -0.15) is 18.6 Å². The van der Waals surface area contributed by atoms with Gasteiger partial charge in [0.1, 0.15) is 23.5 Å². The maximum absolute atomic E-state index is 5.86. The van der Waals surface area contributed by atoms with Crippen LogP contribution >= 0.6 is 20.3 Å². The van der Waals surface area contributed by atoms with Crippen LogP contribution in [0.3, 0.4) is 0 Å². The van der Waals surface area contributed by atoms with Crippen molar-refractivity contribution >= 4 is 32.4 Å². The van der Waals surface area contributed by atoms with E-state index in [-0.39, 0.29) is 60.5 Å². The summed E-state index contributed by atoms with van der Waals surface area (Å²) in [7, 11) is 2.18. The van der Waals surface area contributed by atoms with Gasteiger partial charge in [0, 0.05) is 22.0 Å². The average molecular weight is 972 g/mol. The largest absolute Gasteiger partial charge is 1.00 e. The Morgan fingerprint density at radius 2 is 1.23 bits per heavy atom. The molecule has 0 spiro atoms. The molecule has 342 valence electrons. The van der Waals surface area contributed by atoms with Crippen molar-refractivity contribution in [3.63, 3.8) is 0 Å². The Labute approximate surface area is 398 Å². The first-order chi connectivity index (χ1) is 26.9. The van der Waals surface area contributed by atoms with Gasteiger partial charge < -0.3 is 17.1 Å². The molecule has 1 heterocycles. The van der Waals surface area contributed by atoms with Gasteiger partial charge in [0.15, 0.2) is 0 Å². The molecule has 0 N–H and O–H groups in total. The molecule has 0 bridgehead atoms. The van der Waals surface area contributed by atoms with Crippen LogP contribution in [0.1, 0.15) is 203 Å². The van der Waals surface area contributed by atoms with Gasteiger partial charge in [0.2, 0.25) is 0 Å². The molecule has 0 unspecified atom stereocenters. The molecule has 3 saturated carbocycles. The predicted octanol–water partition coefficient (Wildman–Crippen LogP) is 12.7. The van der Waals surface area contributed by atoms with E-state index >= 15 is 0 Å². The molecule has 4 aliphatic carbocycles. The Morgan fingerprint density at radius 1 is 0.783 bits per heavy atom. The molecule has 0 amide bonds. The minimum Gasteiger partial charge on any atom is -1.00 e. The topological polar surface area (TPSA) is 15.5 Å². The van der Waals surface area contributed by atoms with Gasteiger partial charge >= 0.3 is 25.8 Å². The van der Waals surface area contributed by atoms with E-state index in [9.17, 15) is 0 Å². The van der Waals surface area contributed by atoms with Crippen molar-refractivity contribution in [2.24, 2.45) is 10.8 Å². The second kappa shape index (κ2) is 26.2. The van der Waals surface area contributed by atoms with Crippen LogP contribution < -0.4 is 22.0 Å². The standard InChI is InChI=1S/C28H48N2O.C18H33P.C7H6.2ClH.Ru/c1-14-15-29-18-30(25(28(10,11)12)24(29)27(7,8)9)22-17-21(26(4,5)6)23(31-13)16-20(22)19(2)3;1-4-10-16(11-5-1)19(17-12-6-2-7-13-17)18-14-8-3-9-15-18;1-7-5-3-2-4-6-7;;;/h16-17,19,24-25H,14-15H2,1-13H3;16-18H,1-15H2;1-6H;2*1H;/q+1;;;;;+1/p-1/t24-,25-;;;;;/m0...../s1. The van der Waals surface area contributed by atoms with Crippen LogP contribution in [0.2, 0.25) is 0 Å². The Balaban J connectivity index is 0.000000524. The van der Waals surface area contributed by atoms with E-state index in [1.54, 1.807) is 84.2 Å². The smallest absolute Gasteiger partial charge is 1.00 e. The summed E-state index contributed by atoms with van der Waals surface area (Å²) in [5.74, 6) is 1.39. The van der Waals surface area contributed by atoms with Crippen molar-refractivity contribution in [3.05, 3.63) is 66.1 Å². The van der Waals surface area contributed by atoms with Crippen LogP contribution in [0.15, 0.2) is 42.0 Å². The maximum Gasteiger partial charge on any atom is 1.00 e. The quantitative estimate of drug-likeness (QED) is 0.112. The first-order valence-electron chi connectivity index (χ1n) is 23.5. The van der Waals surface area contributed by atoms with Gasteiger partial charge in [-0.25, -0.2) is 9.48 Å². The van der Waals surface area contributed by atoms with E-state index in [1.807, 2.05) is 30.7 Å². The van der Waals surface area contributed by atoms with Crippen LogP contribution in [-0.4, -0.2) is 53.6 Å². The zero-order valence-electron chi connectivity index (χ0n) is 40.5. The monoisotopic (exact) mass is 972 g/mol. The fourth-order valence-electron chi connectivity index (χ4n) is 10.5.